The lowest BCUT2D eigenvalue weighted by Gasteiger charge is -2.04. The van der Waals surface area contributed by atoms with Gasteiger partial charge in [-0.2, -0.15) is 0 Å². The fourth-order valence-electron chi connectivity index (χ4n) is 3.52. The largest absolute Gasteiger partial charge is 0.497 e. The minimum atomic E-state index is -0.108. The van der Waals surface area contributed by atoms with E-state index in [0.29, 0.717) is 5.78 Å². The average molecular weight is 264 g/mol. The quantitative estimate of drug-likeness (QED) is 0.788. The van der Waals surface area contributed by atoms with Gasteiger partial charge in [-0.25, -0.2) is 0 Å². The molecule has 0 aromatic heterocycles. The number of methoxy groups -OCH3 is 1. The summed E-state index contributed by atoms with van der Waals surface area (Å²) in [4.78, 5) is 12.7. The number of carbonyl (C=O) groups excluding carboxylic acids is 1. The van der Waals surface area contributed by atoms with Crippen molar-refractivity contribution in [2.45, 2.75) is 18.3 Å². The highest BCUT2D eigenvalue weighted by atomic mass is 16.5. The van der Waals surface area contributed by atoms with Crippen molar-refractivity contribution in [3.8, 4) is 5.75 Å². The molecule has 4 rings (SSSR count). The van der Waals surface area contributed by atoms with Crippen LogP contribution in [0.5, 0.6) is 5.75 Å². The molecule has 0 heterocycles. The number of Topliss-reactive ketones (excluding diaryl/α,β-unsaturated/α-hetero) is 1. The molecule has 0 N–H and O–H groups in total. The van der Waals surface area contributed by atoms with Crippen LogP contribution in [0.1, 0.15) is 28.8 Å². The predicted molar refractivity (Wildman–Crippen MR) is 77.1 cm³/mol. The summed E-state index contributed by atoms with van der Waals surface area (Å²) in [6.45, 7) is 0. The van der Waals surface area contributed by atoms with Crippen molar-refractivity contribution in [1.29, 1.82) is 0 Å². The van der Waals surface area contributed by atoms with Crippen LogP contribution >= 0.6 is 0 Å². The van der Waals surface area contributed by atoms with Crippen LogP contribution in [0.3, 0.4) is 0 Å². The summed E-state index contributed by atoms with van der Waals surface area (Å²) in [5.41, 5.74) is 2.16. The van der Waals surface area contributed by atoms with E-state index < -0.39 is 0 Å². The summed E-state index contributed by atoms with van der Waals surface area (Å²) in [7, 11) is 1.64. The summed E-state index contributed by atoms with van der Waals surface area (Å²) >= 11 is 0. The van der Waals surface area contributed by atoms with E-state index in [-0.39, 0.29) is 10.8 Å². The molecule has 0 atom stereocenters. The maximum absolute atomic E-state index is 12.7. The van der Waals surface area contributed by atoms with Crippen molar-refractivity contribution >= 4 is 5.78 Å². The van der Waals surface area contributed by atoms with Crippen molar-refractivity contribution in [2.75, 3.05) is 7.11 Å². The molecule has 2 aliphatic rings. The Hall–Kier alpha value is -2.09. The summed E-state index contributed by atoms with van der Waals surface area (Å²) in [6, 6.07) is 17.9. The Balaban J connectivity index is 1.60. The Kier molecular flexibility index (Phi) is 2.18. The third kappa shape index (κ3) is 1.36. The summed E-state index contributed by atoms with van der Waals surface area (Å²) in [5.74, 6) is 1.09. The van der Waals surface area contributed by atoms with Crippen LogP contribution in [-0.2, 0) is 5.41 Å². The number of ketones is 1. The first-order valence-corrected chi connectivity index (χ1v) is 6.96. The number of hydrogen-bond acceptors (Lipinski definition) is 2. The van der Waals surface area contributed by atoms with Gasteiger partial charge in [-0.05, 0) is 42.7 Å². The van der Waals surface area contributed by atoms with Crippen molar-refractivity contribution in [3.63, 3.8) is 0 Å². The zero-order valence-corrected chi connectivity index (χ0v) is 11.4. The molecule has 2 saturated carbocycles. The van der Waals surface area contributed by atoms with E-state index in [4.69, 9.17) is 4.74 Å². The zero-order chi connectivity index (χ0) is 13.8. The standard InChI is InChI=1S/C18H16O2/c1-20-15-9-7-13(8-10-15)16(19)18-11-17(18,12-18)14-5-3-2-4-6-14/h2-10H,11-12H2,1H3. The van der Waals surface area contributed by atoms with Crippen LogP contribution in [0.15, 0.2) is 54.6 Å². The van der Waals surface area contributed by atoms with Gasteiger partial charge in [0.15, 0.2) is 5.78 Å². The van der Waals surface area contributed by atoms with Crippen LogP contribution in [0.2, 0.25) is 0 Å². The monoisotopic (exact) mass is 264 g/mol. The molecule has 0 amide bonds. The fourth-order valence-corrected chi connectivity index (χ4v) is 3.52. The van der Waals surface area contributed by atoms with E-state index in [2.05, 4.69) is 24.3 Å². The SMILES string of the molecule is COc1ccc(C(=O)C23CC2(c2ccccc2)C3)cc1. The molecule has 2 heteroatoms. The normalized spacial score (nSPS) is 29.4. The molecule has 100 valence electrons. The van der Waals surface area contributed by atoms with Gasteiger partial charge in [0, 0.05) is 16.4 Å². The second kappa shape index (κ2) is 3.72. The molecule has 0 saturated heterocycles. The maximum Gasteiger partial charge on any atom is 0.169 e. The number of ether oxygens (including phenoxy) is 1. The zero-order valence-electron chi connectivity index (χ0n) is 11.4. The Bertz CT molecular complexity index is 664. The van der Waals surface area contributed by atoms with Gasteiger partial charge in [0.2, 0.25) is 0 Å². The lowest BCUT2D eigenvalue weighted by Crippen LogP contribution is -2.07. The Labute approximate surface area is 118 Å². The molecule has 2 fully saturated rings. The van der Waals surface area contributed by atoms with Gasteiger partial charge >= 0.3 is 0 Å². The van der Waals surface area contributed by atoms with Gasteiger partial charge in [-0.1, -0.05) is 30.3 Å². The van der Waals surface area contributed by atoms with Crippen LogP contribution in [0, 0.1) is 5.41 Å². The minimum absolute atomic E-state index is 0.108. The lowest BCUT2D eigenvalue weighted by atomic mass is 10.0. The highest BCUT2D eigenvalue weighted by molar-refractivity contribution is 6.08. The Morgan fingerprint density at radius 3 is 2.25 bits per heavy atom. The minimum Gasteiger partial charge on any atom is -0.497 e. The number of hydrogen-bond donors (Lipinski definition) is 0. The van der Waals surface area contributed by atoms with Crippen molar-refractivity contribution in [2.24, 2.45) is 5.41 Å². The maximum atomic E-state index is 12.7. The van der Waals surface area contributed by atoms with Gasteiger partial charge < -0.3 is 4.74 Å². The third-order valence-electron chi connectivity index (χ3n) is 4.99. The molecule has 0 aliphatic heterocycles. The number of rotatable bonds is 4. The molecule has 0 unspecified atom stereocenters. The fraction of sp³-hybridized carbons (Fsp3) is 0.278. The number of benzene rings is 2. The van der Waals surface area contributed by atoms with Crippen molar-refractivity contribution < 1.29 is 9.53 Å². The van der Waals surface area contributed by atoms with Gasteiger partial charge in [-0.15, -0.1) is 0 Å². The van der Waals surface area contributed by atoms with Crippen LogP contribution < -0.4 is 4.74 Å². The van der Waals surface area contributed by atoms with Crippen LogP contribution in [-0.4, -0.2) is 12.9 Å². The first-order valence-electron chi connectivity index (χ1n) is 6.96. The van der Waals surface area contributed by atoms with Gasteiger partial charge in [0.05, 0.1) is 7.11 Å². The number of fused-ring (bicyclic) bond motifs is 1. The van der Waals surface area contributed by atoms with E-state index in [1.165, 1.54) is 5.56 Å². The number of carbonyl (C=O) groups is 1. The van der Waals surface area contributed by atoms with Gasteiger partial charge in [-0.3, -0.25) is 4.79 Å². The highest BCUT2D eigenvalue weighted by Gasteiger charge is 2.86. The molecule has 0 radical (unpaired) electrons. The lowest BCUT2D eigenvalue weighted by molar-refractivity contribution is 0.0936. The Morgan fingerprint density at radius 2 is 1.65 bits per heavy atom. The van der Waals surface area contributed by atoms with Gasteiger partial charge in [0.1, 0.15) is 5.75 Å². The first kappa shape index (κ1) is 11.7. The summed E-state index contributed by atoms with van der Waals surface area (Å²) < 4.78 is 5.14. The second-order valence-corrected chi connectivity index (χ2v) is 5.94. The van der Waals surface area contributed by atoms with Crippen molar-refractivity contribution in [3.05, 3.63) is 65.7 Å². The molecule has 20 heavy (non-hydrogen) atoms. The third-order valence-corrected chi connectivity index (χ3v) is 4.99. The van der Waals surface area contributed by atoms with E-state index >= 15 is 0 Å². The van der Waals surface area contributed by atoms with E-state index in [0.717, 1.165) is 24.2 Å². The van der Waals surface area contributed by atoms with E-state index in [1.807, 2.05) is 30.3 Å². The molecule has 2 aliphatic carbocycles. The smallest absolute Gasteiger partial charge is 0.169 e. The molecular formula is C18H16O2. The molecular weight excluding hydrogens is 248 g/mol. The second-order valence-electron chi connectivity index (χ2n) is 5.94. The first-order chi connectivity index (χ1) is 9.72. The van der Waals surface area contributed by atoms with E-state index in [9.17, 15) is 4.79 Å². The predicted octanol–water partition coefficient (Wildman–Crippen LogP) is 3.61. The molecule has 0 spiro atoms. The molecule has 0 bridgehead atoms. The molecule has 2 aromatic carbocycles. The van der Waals surface area contributed by atoms with Gasteiger partial charge in [0.25, 0.3) is 0 Å². The molecule has 2 nitrogen and oxygen atoms in total. The Morgan fingerprint density at radius 1 is 1.00 bits per heavy atom. The van der Waals surface area contributed by atoms with Crippen LogP contribution in [0.25, 0.3) is 0 Å². The molecule has 2 aromatic rings. The van der Waals surface area contributed by atoms with Crippen molar-refractivity contribution in [1.82, 2.24) is 0 Å². The summed E-state index contributed by atoms with van der Waals surface area (Å²) in [6.07, 6.45) is 2.02. The van der Waals surface area contributed by atoms with Crippen LogP contribution in [0.4, 0.5) is 0 Å². The topological polar surface area (TPSA) is 26.3 Å². The summed E-state index contributed by atoms with van der Waals surface area (Å²) in [5, 5.41) is 0. The van der Waals surface area contributed by atoms with E-state index in [1.54, 1.807) is 7.11 Å². The highest BCUT2D eigenvalue weighted by Crippen LogP contribution is 2.86. The average Bonchev–Trinajstić information content (AvgIpc) is 3.35.